The number of nitrogens with zero attached hydrogens (tertiary/aromatic N) is 1. The van der Waals surface area contributed by atoms with Crippen LogP contribution in [0.5, 0.6) is 0 Å². The largest absolute Gasteiger partial charge is 0.445 e. The lowest BCUT2D eigenvalue weighted by Gasteiger charge is -2.08. The van der Waals surface area contributed by atoms with Crippen molar-refractivity contribution < 1.29 is 9.53 Å². The molecule has 3 heteroatoms. The van der Waals surface area contributed by atoms with Crippen LogP contribution in [-0.2, 0) is 4.74 Å². The number of carbonyl (C=O) groups is 1. The lowest BCUT2D eigenvalue weighted by Crippen LogP contribution is -2.22. The fourth-order valence-corrected chi connectivity index (χ4v) is 0.259. The van der Waals surface area contributed by atoms with E-state index in [9.17, 15) is 4.79 Å². The Morgan fingerprint density at radius 2 is 2.33 bits per heavy atom. The molecule has 0 rings (SSSR count). The minimum atomic E-state index is -0.338. The predicted octanol–water partition coefficient (Wildman–Crippen LogP) is 0.871. The van der Waals surface area contributed by atoms with Crippen LogP contribution in [0.25, 0.3) is 0 Å². The fourth-order valence-electron chi connectivity index (χ4n) is 0.259. The first-order chi connectivity index (χ1) is 4.18. The van der Waals surface area contributed by atoms with E-state index in [1.54, 1.807) is 14.1 Å². The average molecular weight is 129 g/mol. The Morgan fingerprint density at radius 1 is 1.78 bits per heavy atom. The molecular formula is C6H11NO2. The highest BCUT2D eigenvalue weighted by molar-refractivity contribution is 5.66. The molecule has 0 N–H and O–H groups in total. The third kappa shape index (κ3) is 3.58. The van der Waals surface area contributed by atoms with Crippen LogP contribution >= 0.6 is 0 Å². The summed E-state index contributed by atoms with van der Waals surface area (Å²) in [5.41, 5.74) is 0. The van der Waals surface area contributed by atoms with Crippen LogP contribution in [0, 0.1) is 0 Å². The maximum absolute atomic E-state index is 10.6. The molecule has 0 radical (unpaired) electrons. The quantitative estimate of drug-likeness (QED) is 0.518. The number of rotatable bonds is 2. The third-order valence-corrected chi connectivity index (χ3v) is 0.690. The summed E-state index contributed by atoms with van der Waals surface area (Å²) < 4.78 is 4.62. The van der Waals surface area contributed by atoms with Crippen molar-refractivity contribution in [2.45, 2.75) is 0 Å². The first-order valence-electron chi connectivity index (χ1n) is 2.63. The molecule has 0 aromatic heterocycles. The van der Waals surface area contributed by atoms with E-state index in [-0.39, 0.29) is 12.7 Å². The zero-order valence-corrected chi connectivity index (χ0v) is 5.76. The summed E-state index contributed by atoms with van der Waals surface area (Å²) in [6, 6.07) is 0. The van der Waals surface area contributed by atoms with Crippen molar-refractivity contribution in [3.8, 4) is 0 Å². The Labute approximate surface area is 54.9 Å². The molecule has 0 unspecified atom stereocenters. The minimum absolute atomic E-state index is 0.275. The van der Waals surface area contributed by atoms with Crippen LogP contribution in [0.1, 0.15) is 0 Å². The average Bonchev–Trinajstić information content (AvgIpc) is 1.82. The molecule has 0 aromatic rings. The van der Waals surface area contributed by atoms with Gasteiger partial charge in [-0.1, -0.05) is 12.7 Å². The van der Waals surface area contributed by atoms with Crippen LogP contribution in [0.3, 0.4) is 0 Å². The van der Waals surface area contributed by atoms with Crippen molar-refractivity contribution in [3.05, 3.63) is 12.7 Å². The first-order valence-corrected chi connectivity index (χ1v) is 2.63. The van der Waals surface area contributed by atoms with Crippen LogP contribution in [0.15, 0.2) is 12.7 Å². The summed E-state index contributed by atoms with van der Waals surface area (Å²) in [7, 11) is 3.26. The first kappa shape index (κ1) is 8.01. The molecule has 0 atom stereocenters. The molecule has 0 aliphatic rings. The highest BCUT2D eigenvalue weighted by Gasteiger charge is 2.00. The number of hydrogen-bond donors (Lipinski definition) is 0. The summed E-state index contributed by atoms with van der Waals surface area (Å²) >= 11 is 0. The van der Waals surface area contributed by atoms with E-state index in [1.807, 2.05) is 0 Å². The van der Waals surface area contributed by atoms with Crippen LogP contribution in [0.2, 0.25) is 0 Å². The standard InChI is InChI=1S/C6H11NO2/c1-4-5-9-6(8)7(2)3/h4H,1,5H2,2-3H3. The Morgan fingerprint density at radius 3 is 2.67 bits per heavy atom. The van der Waals surface area contributed by atoms with Gasteiger partial charge in [-0.05, 0) is 0 Å². The van der Waals surface area contributed by atoms with Crippen LogP contribution < -0.4 is 0 Å². The Balaban J connectivity index is 3.38. The van der Waals surface area contributed by atoms with Crippen molar-refractivity contribution in [1.82, 2.24) is 4.90 Å². The molecule has 0 bridgehead atoms. The molecule has 0 aliphatic heterocycles. The molecule has 0 aromatic carbocycles. The summed E-state index contributed by atoms with van der Waals surface area (Å²) in [6.07, 6.45) is 1.19. The molecule has 3 nitrogen and oxygen atoms in total. The molecule has 0 aliphatic carbocycles. The van der Waals surface area contributed by atoms with Gasteiger partial charge in [0.05, 0.1) is 0 Å². The number of amides is 1. The molecule has 0 fully saturated rings. The normalized spacial score (nSPS) is 8.22. The zero-order valence-electron chi connectivity index (χ0n) is 5.76. The topological polar surface area (TPSA) is 29.5 Å². The highest BCUT2D eigenvalue weighted by Crippen LogP contribution is 1.84. The number of carbonyl (C=O) groups excluding carboxylic acids is 1. The smallest absolute Gasteiger partial charge is 0.409 e. The van der Waals surface area contributed by atoms with Gasteiger partial charge in [0, 0.05) is 14.1 Å². The van der Waals surface area contributed by atoms with Gasteiger partial charge < -0.3 is 9.64 Å². The SMILES string of the molecule is C=CCOC(=O)N(C)C. The van der Waals surface area contributed by atoms with E-state index in [0.29, 0.717) is 0 Å². The second-order valence-electron chi connectivity index (χ2n) is 1.76. The zero-order chi connectivity index (χ0) is 7.28. The monoisotopic (exact) mass is 129 g/mol. The van der Waals surface area contributed by atoms with E-state index in [2.05, 4.69) is 11.3 Å². The second kappa shape index (κ2) is 3.95. The predicted molar refractivity (Wildman–Crippen MR) is 35.2 cm³/mol. The maximum atomic E-state index is 10.6. The lowest BCUT2D eigenvalue weighted by molar-refractivity contribution is 0.129. The number of hydrogen-bond acceptors (Lipinski definition) is 2. The van der Waals surface area contributed by atoms with Crippen LogP contribution in [-0.4, -0.2) is 31.7 Å². The minimum Gasteiger partial charge on any atom is -0.445 e. The van der Waals surface area contributed by atoms with Gasteiger partial charge >= 0.3 is 6.09 Å². The van der Waals surface area contributed by atoms with Gasteiger partial charge in [-0.15, -0.1) is 0 Å². The second-order valence-corrected chi connectivity index (χ2v) is 1.76. The summed E-state index contributed by atoms with van der Waals surface area (Å²) in [6.45, 7) is 3.67. The molecule has 0 heterocycles. The van der Waals surface area contributed by atoms with Crippen molar-refractivity contribution in [2.75, 3.05) is 20.7 Å². The van der Waals surface area contributed by atoms with E-state index in [4.69, 9.17) is 0 Å². The van der Waals surface area contributed by atoms with Gasteiger partial charge in [-0.25, -0.2) is 4.79 Å². The molecule has 1 amide bonds. The van der Waals surface area contributed by atoms with Gasteiger partial charge in [0.2, 0.25) is 0 Å². The van der Waals surface area contributed by atoms with Gasteiger partial charge in [-0.2, -0.15) is 0 Å². The third-order valence-electron chi connectivity index (χ3n) is 0.690. The Kier molecular flexibility index (Phi) is 3.51. The van der Waals surface area contributed by atoms with Crippen molar-refractivity contribution >= 4 is 6.09 Å². The molecule has 52 valence electrons. The Hall–Kier alpha value is -0.990. The lowest BCUT2D eigenvalue weighted by atomic mass is 10.7. The van der Waals surface area contributed by atoms with E-state index >= 15 is 0 Å². The van der Waals surface area contributed by atoms with E-state index in [0.717, 1.165) is 0 Å². The van der Waals surface area contributed by atoms with Crippen molar-refractivity contribution in [1.29, 1.82) is 0 Å². The molecule has 0 spiro atoms. The number of ether oxygens (including phenoxy) is 1. The van der Waals surface area contributed by atoms with Gasteiger partial charge in [0.25, 0.3) is 0 Å². The molecular weight excluding hydrogens is 118 g/mol. The highest BCUT2D eigenvalue weighted by atomic mass is 16.5. The van der Waals surface area contributed by atoms with Gasteiger partial charge in [0.15, 0.2) is 0 Å². The van der Waals surface area contributed by atoms with Gasteiger partial charge in [-0.3, -0.25) is 0 Å². The summed E-state index contributed by atoms with van der Waals surface area (Å²) in [4.78, 5) is 11.9. The molecule has 9 heavy (non-hydrogen) atoms. The maximum Gasteiger partial charge on any atom is 0.409 e. The van der Waals surface area contributed by atoms with Crippen LogP contribution in [0.4, 0.5) is 4.79 Å². The van der Waals surface area contributed by atoms with E-state index < -0.39 is 0 Å². The molecule has 0 saturated carbocycles. The fraction of sp³-hybridized carbons (Fsp3) is 0.500. The Bertz CT molecular complexity index is 110. The summed E-state index contributed by atoms with van der Waals surface area (Å²) in [5.74, 6) is 0. The van der Waals surface area contributed by atoms with E-state index in [1.165, 1.54) is 11.0 Å². The summed E-state index contributed by atoms with van der Waals surface area (Å²) in [5, 5.41) is 0. The van der Waals surface area contributed by atoms with Crippen molar-refractivity contribution in [2.24, 2.45) is 0 Å². The van der Waals surface area contributed by atoms with Gasteiger partial charge in [0.1, 0.15) is 6.61 Å². The van der Waals surface area contributed by atoms with Crippen molar-refractivity contribution in [3.63, 3.8) is 0 Å². The molecule has 0 saturated heterocycles.